The number of para-hydroxylation sites is 1. The summed E-state index contributed by atoms with van der Waals surface area (Å²) in [5, 5.41) is 11.1. The highest BCUT2D eigenvalue weighted by molar-refractivity contribution is 7.99. The average Bonchev–Trinajstić information content (AvgIpc) is 2.36. The molecule has 1 aliphatic heterocycles. The molecule has 3 heteroatoms. The predicted octanol–water partition coefficient (Wildman–Crippen LogP) is 3.56. The van der Waals surface area contributed by atoms with Gasteiger partial charge in [-0.2, -0.15) is 5.26 Å². The third kappa shape index (κ3) is 1.71. The van der Waals surface area contributed by atoms with Gasteiger partial charge in [-0.05, 0) is 24.6 Å². The molecule has 0 amide bonds. The van der Waals surface area contributed by atoms with Gasteiger partial charge in [0.25, 0.3) is 0 Å². The molecule has 0 aliphatic carbocycles. The Bertz CT molecular complexity index is 680. The summed E-state index contributed by atoms with van der Waals surface area (Å²) in [4.78, 5) is 4.69. The number of rotatable bonds is 0. The van der Waals surface area contributed by atoms with Gasteiger partial charge in [-0.3, -0.25) is 0 Å². The van der Waals surface area contributed by atoms with Gasteiger partial charge >= 0.3 is 0 Å². The van der Waals surface area contributed by atoms with Crippen LogP contribution in [0.3, 0.4) is 0 Å². The van der Waals surface area contributed by atoms with Gasteiger partial charge in [0, 0.05) is 22.3 Å². The maximum Gasteiger partial charge on any atom is 0.104 e. The van der Waals surface area contributed by atoms with Crippen molar-refractivity contribution in [2.75, 3.05) is 5.75 Å². The number of hydrogen-bond donors (Lipinski definition) is 0. The highest BCUT2D eigenvalue weighted by Gasteiger charge is 2.13. The van der Waals surface area contributed by atoms with E-state index in [4.69, 9.17) is 10.2 Å². The van der Waals surface area contributed by atoms with Crippen molar-refractivity contribution >= 4 is 28.7 Å². The quantitative estimate of drug-likeness (QED) is 0.704. The van der Waals surface area contributed by atoms with Crippen LogP contribution in [0.1, 0.15) is 11.1 Å². The third-order valence-electron chi connectivity index (χ3n) is 2.88. The van der Waals surface area contributed by atoms with Gasteiger partial charge in [0.2, 0.25) is 0 Å². The Morgan fingerprint density at radius 3 is 3.12 bits per heavy atom. The van der Waals surface area contributed by atoms with Crippen LogP contribution in [0.4, 0.5) is 0 Å². The van der Waals surface area contributed by atoms with Crippen molar-refractivity contribution in [3.05, 3.63) is 41.0 Å². The minimum atomic E-state index is 0.730. The zero-order valence-corrected chi connectivity index (χ0v) is 10.2. The number of pyridine rings is 1. The lowest BCUT2D eigenvalue weighted by Gasteiger charge is -2.13. The van der Waals surface area contributed by atoms with Crippen LogP contribution in [-0.2, 0) is 0 Å². The Balaban J connectivity index is 2.29. The average molecular weight is 238 g/mol. The minimum absolute atomic E-state index is 0.730. The SMILES string of the molecule is Cc1cccc2cc3c(nc12)SCC(C#N)=C3. The summed E-state index contributed by atoms with van der Waals surface area (Å²) in [6.07, 6.45) is 1.95. The van der Waals surface area contributed by atoms with Gasteiger partial charge in [0.05, 0.1) is 11.6 Å². The van der Waals surface area contributed by atoms with Crippen LogP contribution in [0.2, 0.25) is 0 Å². The summed E-state index contributed by atoms with van der Waals surface area (Å²) in [6, 6.07) is 10.5. The highest BCUT2D eigenvalue weighted by atomic mass is 32.2. The van der Waals surface area contributed by atoms with Crippen molar-refractivity contribution in [1.82, 2.24) is 4.98 Å². The second kappa shape index (κ2) is 3.90. The van der Waals surface area contributed by atoms with Crippen molar-refractivity contribution in [2.24, 2.45) is 0 Å². The first kappa shape index (κ1) is 10.4. The molecule has 2 heterocycles. The molecule has 17 heavy (non-hydrogen) atoms. The van der Waals surface area contributed by atoms with Crippen LogP contribution in [0.25, 0.3) is 17.0 Å². The number of benzene rings is 1. The van der Waals surface area contributed by atoms with Gasteiger partial charge in [0.1, 0.15) is 5.03 Å². The molecular weight excluding hydrogens is 228 g/mol. The van der Waals surface area contributed by atoms with E-state index in [-0.39, 0.29) is 0 Å². The standard InChI is InChI=1S/C14H10N2S/c1-9-3-2-4-11-6-12-5-10(7-15)8-17-14(12)16-13(9)11/h2-6H,8H2,1H3. The first-order chi connectivity index (χ1) is 8.28. The lowest BCUT2D eigenvalue weighted by atomic mass is 10.1. The van der Waals surface area contributed by atoms with Crippen molar-refractivity contribution in [3.63, 3.8) is 0 Å². The maximum atomic E-state index is 8.92. The molecule has 82 valence electrons. The Kier molecular flexibility index (Phi) is 2.38. The van der Waals surface area contributed by atoms with Crippen LogP contribution in [0.15, 0.2) is 34.9 Å². The van der Waals surface area contributed by atoms with Crippen molar-refractivity contribution in [1.29, 1.82) is 5.26 Å². The molecule has 1 aromatic carbocycles. The third-order valence-corrected chi connectivity index (χ3v) is 3.93. The Morgan fingerprint density at radius 1 is 1.41 bits per heavy atom. The summed E-state index contributed by atoms with van der Waals surface area (Å²) >= 11 is 1.64. The van der Waals surface area contributed by atoms with Crippen LogP contribution in [0, 0.1) is 18.3 Å². The predicted molar refractivity (Wildman–Crippen MR) is 70.8 cm³/mol. The largest absolute Gasteiger partial charge is 0.241 e. The number of aromatic nitrogens is 1. The summed E-state index contributed by atoms with van der Waals surface area (Å²) in [5.41, 5.74) is 4.14. The van der Waals surface area contributed by atoms with E-state index in [0.29, 0.717) is 0 Å². The fourth-order valence-corrected chi connectivity index (χ4v) is 2.89. The van der Waals surface area contributed by atoms with Crippen molar-refractivity contribution in [3.8, 4) is 6.07 Å². The molecule has 0 saturated heterocycles. The molecule has 0 radical (unpaired) electrons. The van der Waals surface area contributed by atoms with Crippen LogP contribution in [-0.4, -0.2) is 10.7 Å². The summed E-state index contributed by atoms with van der Waals surface area (Å²) < 4.78 is 0. The summed E-state index contributed by atoms with van der Waals surface area (Å²) in [5.74, 6) is 0.730. The number of nitriles is 1. The molecule has 2 nitrogen and oxygen atoms in total. The van der Waals surface area contributed by atoms with E-state index in [0.717, 1.165) is 32.8 Å². The smallest absolute Gasteiger partial charge is 0.104 e. The topological polar surface area (TPSA) is 36.7 Å². The van der Waals surface area contributed by atoms with E-state index in [9.17, 15) is 0 Å². The van der Waals surface area contributed by atoms with E-state index < -0.39 is 0 Å². The van der Waals surface area contributed by atoms with E-state index in [1.165, 1.54) is 5.56 Å². The lowest BCUT2D eigenvalue weighted by Crippen LogP contribution is -1.97. The molecule has 0 unspecified atom stereocenters. The Hall–Kier alpha value is -1.79. The number of nitrogens with zero attached hydrogens (tertiary/aromatic N) is 2. The molecule has 0 fully saturated rings. The van der Waals surface area contributed by atoms with Gasteiger partial charge in [-0.25, -0.2) is 4.98 Å². The zero-order valence-electron chi connectivity index (χ0n) is 9.40. The maximum absolute atomic E-state index is 8.92. The lowest BCUT2D eigenvalue weighted by molar-refractivity contribution is 1.15. The fraction of sp³-hybridized carbons (Fsp3) is 0.143. The summed E-state index contributed by atoms with van der Waals surface area (Å²) in [6.45, 7) is 2.08. The Morgan fingerprint density at radius 2 is 2.29 bits per heavy atom. The molecule has 0 N–H and O–H groups in total. The molecule has 0 atom stereocenters. The monoisotopic (exact) mass is 238 g/mol. The molecular formula is C14H10N2S. The van der Waals surface area contributed by atoms with Gasteiger partial charge in [-0.15, -0.1) is 11.8 Å². The van der Waals surface area contributed by atoms with E-state index in [1.807, 2.05) is 12.1 Å². The Labute approximate surface area is 104 Å². The number of thioether (sulfide) groups is 1. The summed E-state index contributed by atoms with van der Waals surface area (Å²) in [7, 11) is 0. The molecule has 3 rings (SSSR count). The molecule has 0 spiro atoms. The van der Waals surface area contributed by atoms with Gasteiger partial charge < -0.3 is 0 Å². The van der Waals surface area contributed by atoms with Crippen LogP contribution in [0.5, 0.6) is 0 Å². The second-order valence-electron chi connectivity index (χ2n) is 4.10. The first-order valence-corrected chi connectivity index (χ1v) is 6.40. The molecule has 1 aromatic heterocycles. The molecule has 0 bridgehead atoms. The van der Waals surface area contributed by atoms with Crippen LogP contribution >= 0.6 is 11.8 Å². The number of aryl methyl sites for hydroxylation is 1. The van der Waals surface area contributed by atoms with E-state index in [2.05, 4.69) is 31.2 Å². The number of fused-ring (bicyclic) bond motifs is 2. The van der Waals surface area contributed by atoms with E-state index in [1.54, 1.807) is 11.8 Å². The van der Waals surface area contributed by atoms with Crippen molar-refractivity contribution in [2.45, 2.75) is 11.9 Å². The molecule has 1 aliphatic rings. The van der Waals surface area contributed by atoms with Crippen LogP contribution < -0.4 is 0 Å². The normalized spacial score (nSPS) is 14.0. The fourth-order valence-electron chi connectivity index (χ4n) is 2.01. The minimum Gasteiger partial charge on any atom is -0.241 e. The number of hydrogen-bond acceptors (Lipinski definition) is 3. The van der Waals surface area contributed by atoms with Gasteiger partial charge in [-0.1, -0.05) is 18.2 Å². The molecule has 0 saturated carbocycles. The van der Waals surface area contributed by atoms with Crippen molar-refractivity contribution < 1.29 is 0 Å². The first-order valence-electron chi connectivity index (χ1n) is 5.42. The van der Waals surface area contributed by atoms with E-state index >= 15 is 0 Å². The van der Waals surface area contributed by atoms with Gasteiger partial charge in [0.15, 0.2) is 0 Å². The molecule has 2 aromatic rings. The highest BCUT2D eigenvalue weighted by Crippen LogP contribution is 2.32. The zero-order chi connectivity index (χ0) is 11.8. The second-order valence-corrected chi connectivity index (χ2v) is 5.06.